The van der Waals surface area contributed by atoms with Crippen molar-refractivity contribution < 1.29 is 14.3 Å². The Morgan fingerprint density at radius 2 is 1.30 bits per heavy atom. The summed E-state index contributed by atoms with van der Waals surface area (Å²) in [6.45, 7) is 6.66. The number of nitrogens with zero attached hydrogens (tertiary/aromatic N) is 4. The van der Waals surface area contributed by atoms with Gasteiger partial charge in [-0.05, 0) is 98.2 Å². The van der Waals surface area contributed by atoms with Gasteiger partial charge in [-0.3, -0.25) is 14.5 Å². The first-order valence-corrected chi connectivity index (χ1v) is 13.5. The Hall–Kier alpha value is -1.18. The Morgan fingerprint density at radius 1 is 0.727 bits per heavy atom. The number of piperidine rings is 2. The van der Waals surface area contributed by atoms with Gasteiger partial charge in [-0.1, -0.05) is 19.3 Å². The van der Waals surface area contributed by atoms with Gasteiger partial charge in [0.25, 0.3) is 0 Å². The minimum absolute atomic E-state index is 0.00547. The fourth-order valence-corrected chi connectivity index (χ4v) is 5.98. The van der Waals surface area contributed by atoms with Crippen LogP contribution in [0.25, 0.3) is 0 Å². The van der Waals surface area contributed by atoms with Crippen molar-refractivity contribution >= 4 is 11.9 Å². The summed E-state index contributed by atoms with van der Waals surface area (Å²) in [5.74, 6) is 0.373. The van der Waals surface area contributed by atoms with Crippen LogP contribution in [0.2, 0.25) is 0 Å². The molecule has 190 valence electrons. The molecule has 4 saturated heterocycles. The number of carbonyl (C=O) groups is 2. The van der Waals surface area contributed by atoms with Crippen molar-refractivity contribution in [3.05, 3.63) is 0 Å². The van der Waals surface area contributed by atoms with Crippen molar-refractivity contribution in [1.29, 1.82) is 0 Å². The van der Waals surface area contributed by atoms with Gasteiger partial charge in [-0.25, -0.2) is 0 Å². The molecule has 0 saturated carbocycles. The third-order valence-corrected chi connectivity index (χ3v) is 8.16. The Morgan fingerprint density at radius 3 is 1.94 bits per heavy atom. The molecule has 0 aliphatic carbocycles. The largest absolute Gasteiger partial charge is 0.468 e. The average Bonchev–Trinajstić information content (AvgIpc) is 3.21. The van der Waals surface area contributed by atoms with Crippen LogP contribution in [0.5, 0.6) is 0 Å². The van der Waals surface area contributed by atoms with Crippen LogP contribution in [-0.4, -0.2) is 110 Å². The van der Waals surface area contributed by atoms with Crippen LogP contribution in [0.15, 0.2) is 0 Å². The van der Waals surface area contributed by atoms with E-state index < -0.39 is 0 Å². The molecule has 0 spiro atoms. The van der Waals surface area contributed by atoms with Gasteiger partial charge in [0, 0.05) is 25.0 Å². The second kappa shape index (κ2) is 13.6. The van der Waals surface area contributed by atoms with E-state index in [1.165, 1.54) is 58.5 Å². The summed E-state index contributed by atoms with van der Waals surface area (Å²) >= 11 is 0. The fraction of sp³-hybridized carbons (Fsp3) is 0.923. The number of esters is 1. The molecule has 0 aromatic heterocycles. The molecule has 1 unspecified atom stereocenters. The quantitative estimate of drug-likeness (QED) is 0.599. The van der Waals surface area contributed by atoms with E-state index in [2.05, 4.69) is 33.7 Å². The summed E-state index contributed by atoms with van der Waals surface area (Å²) in [5.41, 5.74) is 0. The second-order valence-electron chi connectivity index (χ2n) is 10.6. The van der Waals surface area contributed by atoms with Crippen LogP contribution in [0.1, 0.15) is 77.0 Å². The predicted molar refractivity (Wildman–Crippen MR) is 132 cm³/mol. The molecule has 1 amide bonds. The van der Waals surface area contributed by atoms with Gasteiger partial charge in [0.05, 0.1) is 7.11 Å². The van der Waals surface area contributed by atoms with Crippen molar-refractivity contribution in [1.82, 2.24) is 19.6 Å². The number of hydrogen-bond acceptors (Lipinski definition) is 6. The maximum absolute atomic E-state index is 12.0. The van der Waals surface area contributed by atoms with Gasteiger partial charge in [0.2, 0.25) is 5.91 Å². The van der Waals surface area contributed by atoms with Crippen LogP contribution < -0.4 is 0 Å². The first-order chi connectivity index (χ1) is 16.0. The lowest BCUT2D eigenvalue weighted by Gasteiger charge is -2.39. The highest BCUT2D eigenvalue weighted by atomic mass is 16.5. The normalized spacial score (nSPS) is 27.9. The molecule has 1 atom stereocenters. The topological polar surface area (TPSA) is 56.3 Å². The van der Waals surface area contributed by atoms with E-state index in [0.717, 1.165) is 65.0 Å². The Balaban J connectivity index is 0.000000189. The third kappa shape index (κ3) is 7.93. The van der Waals surface area contributed by atoms with Gasteiger partial charge in [-0.2, -0.15) is 0 Å². The molecule has 4 aliphatic heterocycles. The average molecular weight is 465 g/mol. The number of ether oxygens (including phenoxy) is 1. The number of carbonyl (C=O) groups excluding carboxylic acids is 2. The summed E-state index contributed by atoms with van der Waals surface area (Å²) in [6, 6.07) is 1.11. The van der Waals surface area contributed by atoms with Crippen LogP contribution in [0.4, 0.5) is 0 Å². The van der Waals surface area contributed by atoms with Crippen LogP contribution in [0, 0.1) is 0 Å². The van der Waals surface area contributed by atoms with E-state index in [1.54, 1.807) is 0 Å². The van der Waals surface area contributed by atoms with E-state index in [0.29, 0.717) is 18.0 Å². The fourth-order valence-electron chi connectivity index (χ4n) is 5.98. The molecule has 7 nitrogen and oxygen atoms in total. The zero-order valence-corrected chi connectivity index (χ0v) is 21.5. The summed E-state index contributed by atoms with van der Waals surface area (Å²) in [6.07, 6.45) is 13.6. The monoisotopic (exact) mass is 464 g/mol. The van der Waals surface area contributed by atoms with Crippen LogP contribution in [-0.2, 0) is 14.3 Å². The highest BCUT2D eigenvalue weighted by molar-refractivity contribution is 5.76. The molecule has 33 heavy (non-hydrogen) atoms. The van der Waals surface area contributed by atoms with Crippen LogP contribution >= 0.6 is 0 Å². The molecule has 7 heteroatoms. The Bertz CT molecular complexity index is 600. The van der Waals surface area contributed by atoms with Gasteiger partial charge in [-0.15, -0.1) is 0 Å². The number of likely N-dealkylation sites (tertiary alicyclic amines) is 4. The number of rotatable bonds is 3. The molecule has 4 heterocycles. The molecular weight excluding hydrogens is 416 g/mol. The molecule has 0 bridgehead atoms. The van der Waals surface area contributed by atoms with Crippen molar-refractivity contribution in [3.8, 4) is 0 Å². The van der Waals surface area contributed by atoms with E-state index in [4.69, 9.17) is 4.74 Å². The summed E-state index contributed by atoms with van der Waals surface area (Å²) in [5, 5.41) is 0. The van der Waals surface area contributed by atoms with Gasteiger partial charge < -0.3 is 19.4 Å². The maximum Gasteiger partial charge on any atom is 0.323 e. The van der Waals surface area contributed by atoms with E-state index in [-0.39, 0.29) is 12.0 Å². The predicted octanol–water partition coefficient (Wildman–Crippen LogP) is 2.98. The summed E-state index contributed by atoms with van der Waals surface area (Å²) < 4.78 is 5.00. The second-order valence-corrected chi connectivity index (χ2v) is 10.6. The molecular formula is C26H48N4O3. The minimum Gasteiger partial charge on any atom is -0.468 e. The zero-order valence-electron chi connectivity index (χ0n) is 21.5. The summed E-state index contributed by atoms with van der Waals surface area (Å²) in [7, 11) is 5.86. The molecule has 4 rings (SSSR count). The van der Waals surface area contributed by atoms with Gasteiger partial charge in [0.15, 0.2) is 0 Å². The molecule has 4 fully saturated rings. The first-order valence-electron chi connectivity index (χ1n) is 13.5. The highest BCUT2D eigenvalue weighted by Gasteiger charge is 2.34. The summed E-state index contributed by atoms with van der Waals surface area (Å²) in [4.78, 5) is 33.2. The van der Waals surface area contributed by atoms with Gasteiger partial charge in [0.1, 0.15) is 6.04 Å². The number of amides is 1. The Labute approximate surface area is 201 Å². The molecule has 0 radical (unpaired) electrons. The van der Waals surface area contributed by atoms with Crippen molar-refractivity contribution in [2.24, 2.45) is 0 Å². The van der Waals surface area contributed by atoms with E-state index in [9.17, 15) is 9.59 Å². The lowest BCUT2D eigenvalue weighted by atomic mass is 10.0. The van der Waals surface area contributed by atoms with Crippen molar-refractivity contribution in [2.45, 2.75) is 95.2 Å². The van der Waals surface area contributed by atoms with E-state index in [1.807, 2.05) is 0 Å². The first kappa shape index (κ1) is 26.4. The Kier molecular flexibility index (Phi) is 10.9. The molecule has 0 N–H and O–H groups in total. The smallest absolute Gasteiger partial charge is 0.323 e. The maximum atomic E-state index is 12.0. The SMILES string of the molecule is CN1CCC(N2CCCCCC2=O)CC1.COC(=O)C1CCCCCN1C1CCN(C)CC1. The zero-order chi connectivity index (χ0) is 23.6. The van der Waals surface area contributed by atoms with E-state index >= 15 is 0 Å². The molecule has 4 aliphatic rings. The minimum atomic E-state index is -0.0316. The van der Waals surface area contributed by atoms with Crippen molar-refractivity contribution in [3.63, 3.8) is 0 Å². The molecule has 0 aromatic carbocycles. The highest BCUT2D eigenvalue weighted by Crippen LogP contribution is 2.25. The number of hydrogen-bond donors (Lipinski definition) is 0. The van der Waals surface area contributed by atoms with Crippen LogP contribution in [0.3, 0.4) is 0 Å². The third-order valence-electron chi connectivity index (χ3n) is 8.16. The van der Waals surface area contributed by atoms with Crippen molar-refractivity contribution in [2.75, 3.05) is 60.5 Å². The molecule has 0 aromatic rings. The number of methoxy groups -OCH3 is 1. The standard InChI is InChI=1S/C14H26N2O2.C12H22N2O/c1-15-10-7-12(8-11-15)16-9-5-3-4-6-13(16)14(17)18-2;1-13-9-6-11(7-10-13)14-8-4-2-3-5-12(14)15/h12-13H,3-11H2,1-2H3;11H,2-10H2,1H3. The van der Waals surface area contributed by atoms with Gasteiger partial charge >= 0.3 is 5.97 Å². The lowest BCUT2D eigenvalue weighted by Crippen LogP contribution is -2.51. The lowest BCUT2D eigenvalue weighted by molar-refractivity contribution is -0.148.